The largest absolute Gasteiger partial charge is 0.317 e. The summed E-state index contributed by atoms with van der Waals surface area (Å²) in [6.45, 7) is 0. The molecule has 3 rings (SSSR count). The topological polar surface area (TPSA) is 12.0 Å². The van der Waals surface area contributed by atoms with Gasteiger partial charge in [-0.15, -0.1) is 0 Å². The number of hydrogen-bond acceptors (Lipinski definition) is 1. The molecule has 1 unspecified atom stereocenters. The zero-order valence-corrected chi connectivity index (χ0v) is 13.0. The second-order valence-corrected chi connectivity index (χ2v) is 6.87. The minimum atomic E-state index is 0.662. The Kier molecular flexibility index (Phi) is 4.77. The molecule has 0 saturated heterocycles. The van der Waals surface area contributed by atoms with Crippen LogP contribution in [-0.2, 0) is 19.3 Å². The average molecular weight is 271 g/mol. The van der Waals surface area contributed by atoms with Gasteiger partial charge < -0.3 is 5.32 Å². The Labute approximate surface area is 124 Å². The van der Waals surface area contributed by atoms with Crippen molar-refractivity contribution in [3.8, 4) is 0 Å². The summed E-state index contributed by atoms with van der Waals surface area (Å²) in [6.07, 6.45) is 13.8. The molecule has 0 amide bonds. The smallest absolute Gasteiger partial charge is 0.0105 e. The molecule has 110 valence electrons. The molecular weight excluding hydrogens is 242 g/mol. The molecule has 0 heterocycles. The number of benzene rings is 1. The molecule has 1 heteroatoms. The van der Waals surface area contributed by atoms with Gasteiger partial charge in [-0.05, 0) is 68.2 Å². The van der Waals surface area contributed by atoms with E-state index in [1.54, 1.807) is 11.1 Å². The normalized spacial score (nSPS) is 20.2. The van der Waals surface area contributed by atoms with Gasteiger partial charge in [-0.1, -0.05) is 43.9 Å². The van der Waals surface area contributed by atoms with E-state index in [-0.39, 0.29) is 0 Å². The van der Waals surface area contributed by atoms with Crippen molar-refractivity contribution >= 4 is 0 Å². The Bertz CT molecular complexity index is 431. The highest BCUT2D eigenvalue weighted by molar-refractivity contribution is 5.35. The zero-order chi connectivity index (χ0) is 13.8. The molecule has 0 bridgehead atoms. The SMILES string of the molecule is CNC(CCC1CCCC1)Cc1ccc2c(c1)CCC2. The third-order valence-corrected chi connectivity index (χ3v) is 5.45. The molecule has 1 N–H and O–H groups in total. The van der Waals surface area contributed by atoms with E-state index in [0.29, 0.717) is 6.04 Å². The molecule has 0 spiro atoms. The highest BCUT2D eigenvalue weighted by Gasteiger charge is 2.17. The van der Waals surface area contributed by atoms with Crippen LogP contribution < -0.4 is 5.32 Å². The quantitative estimate of drug-likeness (QED) is 0.814. The van der Waals surface area contributed by atoms with Gasteiger partial charge in [0.15, 0.2) is 0 Å². The van der Waals surface area contributed by atoms with Crippen LogP contribution in [0.1, 0.15) is 61.6 Å². The van der Waals surface area contributed by atoms with Crippen molar-refractivity contribution in [2.24, 2.45) is 5.92 Å². The number of hydrogen-bond donors (Lipinski definition) is 1. The van der Waals surface area contributed by atoms with E-state index < -0.39 is 0 Å². The molecule has 2 aliphatic carbocycles. The lowest BCUT2D eigenvalue weighted by Crippen LogP contribution is -2.28. The van der Waals surface area contributed by atoms with Gasteiger partial charge in [0.05, 0.1) is 0 Å². The molecule has 1 aromatic rings. The van der Waals surface area contributed by atoms with Crippen molar-refractivity contribution in [2.75, 3.05) is 7.05 Å². The summed E-state index contributed by atoms with van der Waals surface area (Å²) in [5.74, 6) is 1.02. The molecule has 0 aliphatic heterocycles. The maximum atomic E-state index is 3.54. The van der Waals surface area contributed by atoms with Crippen LogP contribution in [0.4, 0.5) is 0 Å². The second kappa shape index (κ2) is 6.76. The lowest BCUT2D eigenvalue weighted by atomic mass is 9.94. The summed E-state index contributed by atoms with van der Waals surface area (Å²) in [6, 6.07) is 7.88. The van der Waals surface area contributed by atoms with Gasteiger partial charge in [0.2, 0.25) is 0 Å². The highest BCUT2D eigenvalue weighted by atomic mass is 14.9. The maximum absolute atomic E-state index is 3.54. The molecule has 1 saturated carbocycles. The summed E-state index contributed by atoms with van der Waals surface area (Å²) in [5, 5.41) is 3.54. The van der Waals surface area contributed by atoms with Crippen LogP contribution in [0, 0.1) is 5.92 Å². The van der Waals surface area contributed by atoms with Crippen LogP contribution in [0.15, 0.2) is 18.2 Å². The van der Waals surface area contributed by atoms with Crippen molar-refractivity contribution < 1.29 is 0 Å². The van der Waals surface area contributed by atoms with Gasteiger partial charge in [-0.3, -0.25) is 0 Å². The molecule has 1 aromatic carbocycles. The fraction of sp³-hybridized carbons (Fsp3) is 0.684. The van der Waals surface area contributed by atoms with Crippen molar-refractivity contribution in [1.82, 2.24) is 5.32 Å². The molecule has 0 radical (unpaired) electrons. The monoisotopic (exact) mass is 271 g/mol. The molecular formula is C19H29N. The van der Waals surface area contributed by atoms with Gasteiger partial charge >= 0.3 is 0 Å². The van der Waals surface area contributed by atoms with Gasteiger partial charge in [0.25, 0.3) is 0 Å². The van der Waals surface area contributed by atoms with Crippen molar-refractivity contribution in [3.05, 3.63) is 34.9 Å². The van der Waals surface area contributed by atoms with E-state index in [1.807, 2.05) is 0 Å². The Balaban J connectivity index is 1.54. The zero-order valence-electron chi connectivity index (χ0n) is 13.0. The summed E-state index contributed by atoms with van der Waals surface area (Å²) >= 11 is 0. The van der Waals surface area contributed by atoms with Gasteiger partial charge in [0.1, 0.15) is 0 Å². The lowest BCUT2D eigenvalue weighted by Gasteiger charge is -2.19. The Hall–Kier alpha value is -0.820. The third kappa shape index (κ3) is 3.44. The summed E-state index contributed by atoms with van der Waals surface area (Å²) < 4.78 is 0. The molecule has 0 aromatic heterocycles. The van der Waals surface area contributed by atoms with E-state index in [2.05, 4.69) is 30.6 Å². The van der Waals surface area contributed by atoms with Crippen LogP contribution in [0.25, 0.3) is 0 Å². The Morgan fingerprint density at radius 3 is 2.70 bits per heavy atom. The molecule has 20 heavy (non-hydrogen) atoms. The van der Waals surface area contributed by atoms with Crippen molar-refractivity contribution in [2.45, 2.75) is 70.3 Å². The fourth-order valence-corrected chi connectivity index (χ4v) is 4.12. The predicted octanol–water partition coefficient (Wildman–Crippen LogP) is 4.28. The van der Waals surface area contributed by atoms with E-state index in [1.165, 1.54) is 69.8 Å². The molecule has 2 aliphatic rings. The summed E-state index contributed by atoms with van der Waals surface area (Å²) in [5.41, 5.74) is 4.75. The number of rotatable bonds is 6. The molecule has 1 nitrogen and oxygen atoms in total. The number of nitrogens with one attached hydrogen (secondary N) is 1. The van der Waals surface area contributed by atoms with Gasteiger partial charge in [0, 0.05) is 6.04 Å². The van der Waals surface area contributed by atoms with Crippen LogP contribution >= 0.6 is 0 Å². The Morgan fingerprint density at radius 2 is 1.90 bits per heavy atom. The molecule has 1 fully saturated rings. The van der Waals surface area contributed by atoms with Gasteiger partial charge in [-0.2, -0.15) is 0 Å². The van der Waals surface area contributed by atoms with Crippen LogP contribution in [0.5, 0.6) is 0 Å². The lowest BCUT2D eigenvalue weighted by molar-refractivity contribution is 0.418. The first-order chi connectivity index (χ1) is 9.85. The number of fused-ring (bicyclic) bond motifs is 1. The average Bonchev–Trinajstić information content (AvgIpc) is 3.13. The van der Waals surface area contributed by atoms with Crippen molar-refractivity contribution in [1.29, 1.82) is 0 Å². The van der Waals surface area contributed by atoms with Crippen LogP contribution in [0.3, 0.4) is 0 Å². The predicted molar refractivity (Wildman–Crippen MR) is 86.2 cm³/mol. The summed E-state index contributed by atoms with van der Waals surface area (Å²) in [7, 11) is 2.13. The van der Waals surface area contributed by atoms with Crippen molar-refractivity contribution in [3.63, 3.8) is 0 Å². The van der Waals surface area contributed by atoms with E-state index in [9.17, 15) is 0 Å². The van der Waals surface area contributed by atoms with Crippen LogP contribution in [0.2, 0.25) is 0 Å². The van der Waals surface area contributed by atoms with E-state index in [4.69, 9.17) is 0 Å². The first-order valence-electron chi connectivity index (χ1n) is 8.63. The standard InChI is InChI=1S/C19H29N/c1-20-19(12-10-15-5-2-3-6-15)14-16-9-11-17-7-4-8-18(17)13-16/h9,11,13,15,19-20H,2-8,10,12,14H2,1H3. The fourth-order valence-electron chi connectivity index (χ4n) is 4.12. The van der Waals surface area contributed by atoms with E-state index >= 15 is 0 Å². The van der Waals surface area contributed by atoms with E-state index in [0.717, 1.165) is 5.92 Å². The number of aryl methyl sites for hydroxylation is 2. The minimum Gasteiger partial charge on any atom is -0.317 e. The third-order valence-electron chi connectivity index (χ3n) is 5.45. The summed E-state index contributed by atoms with van der Waals surface area (Å²) in [4.78, 5) is 0. The maximum Gasteiger partial charge on any atom is 0.0105 e. The van der Waals surface area contributed by atoms with Gasteiger partial charge in [-0.25, -0.2) is 0 Å². The molecule has 1 atom stereocenters. The van der Waals surface area contributed by atoms with Crippen LogP contribution in [-0.4, -0.2) is 13.1 Å². The second-order valence-electron chi connectivity index (χ2n) is 6.87. The first-order valence-corrected chi connectivity index (χ1v) is 8.63. The highest BCUT2D eigenvalue weighted by Crippen LogP contribution is 2.29. The minimum absolute atomic E-state index is 0.662. The Morgan fingerprint density at radius 1 is 1.10 bits per heavy atom. The first kappa shape index (κ1) is 14.1. The number of likely N-dealkylation sites (N-methyl/N-ethyl adjacent to an activating group) is 1.